The predicted octanol–water partition coefficient (Wildman–Crippen LogP) is 4.10. The third kappa shape index (κ3) is 6.29. The highest BCUT2D eigenvalue weighted by molar-refractivity contribution is 6.33. The van der Waals surface area contributed by atoms with E-state index in [9.17, 15) is 9.90 Å². The molecule has 2 N–H and O–H groups in total. The van der Waals surface area contributed by atoms with Crippen LogP contribution in [0.5, 0.6) is 11.6 Å². The maximum Gasteiger partial charge on any atom is 0.258 e. The van der Waals surface area contributed by atoms with Gasteiger partial charge in [0.15, 0.2) is 17.8 Å². The van der Waals surface area contributed by atoms with Crippen molar-refractivity contribution in [2.45, 2.75) is 58.3 Å². The maximum absolute atomic E-state index is 12.1. The van der Waals surface area contributed by atoms with Crippen molar-refractivity contribution in [3.8, 4) is 23.0 Å². The molecule has 3 heterocycles. The number of aliphatic hydroxyl groups excluding tert-OH is 1. The molecule has 1 aromatic carbocycles. The largest absolute Gasteiger partial charge is 0.484 e. The number of pyridine rings is 1. The van der Waals surface area contributed by atoms with E-state index in [0.29, 0.717) is 52.2 Å². The van der Waals surface area contributed by atoms with Gasteiger partial charge in [-0.2, -0.15) is 4.98 Å². The van der Waals surface area contributed by atoms with Gasteiger partial charge in [-0.25, -0.2) is 9.97 Å². The summed E-state index contributed by atoms with van der Waals surface area (Å²) in [6.45, 7) is 6.31. The molecule has 1 saturated carbocycles. The molecule has 0 bridgehead atoms. The summed E-state index contributed by atoms with van der Waals surface area (Å²) < 4.78 is 13.8. The number of aryl methyl sites for hydroxylation is 1. The van der Waals surface area contributed by atoms with Crippen LogP contribution in [0.4, 0.5) is 0 Å². The number of rotatable bonds is 11. The molecule has 0 saturated heterocycles. The molecule has 3 aromatic heterocycles. The number of halogens is 1. The Hall–Kier alpha value is -3.76. The lowest BCUT2D eigenvalue weighted by Crippen LogP contribution is -2.35. The monoisotopic (exact) mass is 550 g/mol. The highest BCUT2D eigenvalue weighted by Gasteiger charge is 2.41. The number of amides is 1. The molecule has 39 heavy (non-hydrogen) atoms. The Morgan fingerprint density at radius 3 is 2.77 bits per heavy atom. The Morgan fingerprint density at radius 1 is 1.23 bits per heavy atom. The second-order valence-electron chi connectivity index (χ2n) is 10.0. The fourth-order valence-corrected chi connectivity index (χ4v) is 4.30. The summed E-state index contributed by atoms with van der Waals surface area (Å²) in [4.78, 5) is 30.4. The van der Waals surface area contributed by atoms with Gasteiger partial charge in [0.25, 0.3) is 5.91 Å². The first kappa shape index (κ1) is 26.8. The minimum Gasteiger partial charge on any atom is -0.484 e. The Kier molecular flexibility index (Phi) is 7.67. The number of carbonyl (C=O) groups excluding carboxylic acids is 1. The number of hydrogen-bond acceptors (Lipinski definition) is 8. The Bertz CT molecular complexity index is 1500. The highest BCUT2D eigenvalue weighted by Crippen LogP contribution is 2.41. The van der Waals surface area contributed by atoms with Crippen LogP contribution in [0.2, 0.25) is 5.02 Å². The van der Waals surface area contributed by atoms with Crippen LogP contribution < -0.4 is 14.8 Å². The first-order valence-corrected chi connectivity index (χ1v) is 13.3. The van der Waals surface area contributed by atoms with Gasteiger partial charge in [0.05, 0.1) is 23.4 Å². The molecule has 1 atom stereocenters. The van der Waals surface area contributed by atoms with E-state index in [0.717, 1.165) is 24.1 Å². The fourth-order valence-electron chi connectivity index (χ4n) is 4.05. The van der Waals surface area contributed by atoms with Crippen molar-refractivity contribution in [3.05, 3.63) is 59.1 Å². The Labute approximate surface area is 231 Å². The van der Waals surface area contributed by atoms with Crippen molar-refractivity contribution in [1.82, 2.24) is 29.8 Å². The van der Waals surface area contributed by atoms with Crippen LogP contribution in [0.15, 0.2) is 42.9 Å². The third-order valence-electron chi connectivity index (χ3n) is 6.65. The van der Waals surface area contributed by atoms with E-state index in [4.69, 9.17) is 26.1 Å². The second kappa shape index (κ2) is 11.2. The Morgan fingerprint density at radius 2 is 2.05 bits per heavy atom. The minimum atomic E-state index is -0.584. The molecule has 11 heteroatoms. The van der Waals surface area contributed by atoms with E-state index in [2.05, 4.69) is 27.2 Å². The zero-order valence-electron chi connectivity index (χ0n) is 22.1. The number of nitrogens with one attached hydrogen (secondary N) is 1. The normalized spacial score (nSPS) is 14.7. The van der Waals surface area contributed by atoms with Gasteiger partial charge in [-0.15, -0.1) is 0 Å². The third-order valence-corrected chi connectivity index (χ3v) is 6.96. The second-order valence-corrected chi connectivity index (χ2v) is 10.5. The van der Waals surface area contributed by atoms with Crippen molar-refractivity contribution in [2.75, 3.05) is 13.2 Å². The number of aliphatic hydroxyl groups is 1. The first-order valence-electron chi connectivity index (χ1n) is 12.9. The van der Waals surface area contributed by atoms with Crippen LogP contribution in [-0.2, 0) is 11.3 Å². The lowest BCUT2D eigenvalue weighted by molar-refractivity contribution is -0.123. The molecule has 1 aliphatic carbocycles. The minimum absolute atomic E-state index is 0.179. The first-order chi connectivity index (χ1) is 18.7. The van der Waals surface area contributed by atoms with Gasteiger partial charge >= 0.3 is 0 Å². The molecule has 1 amide bonds. The number of ether oxygens (including phenoxy) is 2. The summed E-state index contributed by atoms with van der Waals surface area (Å²) >= 11 is 6.73. The average molecular weight is 551 g/mol. The zero-order chi connectivity index (χ0) is 27.6. The van der Waals surface area contributed by atoms with Gasteiger partial charge in [0.1, 0.15) is 23.5 Å². The van der Waals surface area contributed by atoms with Gasteiger partial charge in [0, 0.05) is 18.3 Å². The van der Waals surface area contributed by atoms with Crippen LogP contribution in [-0.4, -0.2) is 60.4 Å². The van der Waals surface area contributed by atoms with Gasteiger partial charge in [-0.1, -0.05) is 18.5 Å². The molecule has 0 spiro atoms. The number of nitrogens with zero attached hydrogens (tertiary/aromatic N) is 5. The van der Waals surface area contributed by atoms with Crippen LogP contribution in [0, 0.1) is 6.92 Å². The average Bonchev–Trinajstić information content (AvgIpc) is 3.54. The number of hydrogen-bond donors (Lipinski definition) is 2. The van der Waals surface area contributed by atoms with Gasteiger partial charge in [-0.05, 0) is 69.0 Å². The SMILES string of the molecule is CC[C@@H](O)CNC(=O)COc1ccc(-c2nc3c(OC4(C)CC4)ncnc3n2Cc2cc(C)ccn2)c(Cl)c1. The van der Waals surface area contributed by atoms with E-state index in [1.165, 1.54) is 6.33 Å². The number of benzene rings is 1. The zero-order valence-corrected chi connectivity index (χ0v) is 22.9. The van der Waals surface area contributed by atoms with Crippen molar-refractivity contribution < 1.29 is 19.4 Å². The van der Waals surface area contributed by atoms with Crippen molar-refractivity contribution >= 4 is 28.7 Å². The molecule has 10 nitrogen and oxygen atoms in total. The van der Waals surface area contributed by atoms with E-state index < -0.39 is 6.10 Å². The highest BCUT2D eigenvalue weighted by atomic mass is 35.5. The maximum atomic E-state index is 12.1. The van der Waals surface area contributed by atoms with Crippen molar-refractivity contribution in [2.24, 2.45) is 0 Å². The molecule has 0 aliphatic heterocycles. The summed E-state index contributed by atoms with van der Waals surface area (Å²) in [6, 6.07) is 9.14. The summed E-state index contributed by atoms with van der Waals surface area (Å²) in [5.74, 6) is 1.13. The molecule has 1 aliphatic rings. The molecular formula is C28H31ClN6O4. The number of imidazole rings is 1. The summed E-state index contributed by atoms with van der Waals surface area (Å²) in [6.07, 6.45) is 5.16. The molecular weight excluding hydrogens is 520 g/mol. The van der Waals surface area contributed by atoms with Crippen molar-refractivity contribution in [1.29, 1.82) is 0 Å². The van der Waals surface area contributed by atoms with Gasteiger partial charge in [0.2, 0.25) is 5.88 Å². The fraction of sp³-hybridized carbons (Fsp3) is 0.393. The number of fused-ring (bicyclic) bond motifs is 1. The number of aromatic nitrogens is 5. The van der Waals surface area contributed by atoms with Crippen molar-refractivity contribution in [3.63, 3.8) is 0 Å². The Balaban J connectivity index is 1.46. The lowest BCUT2D eigenvalue weighted by atomic mass is 10.2. The summed E-state index contributed by atoms with van der Waals surface area (Å²) in [5, 5.41) is 12.7. The lowest BCUT2D eigenvalue weighted by Gasteiger charge is -2.13. The van der Waals surface area contributed by atoms with E-state index in [1.54, 1.807) is 24.4 Å². The van der Waals surface area contributed by atoms with E-state index >= 15 is 0 Å². The molecule has 1 fully saturated rings. The van der Waals surface area contributed by atoms with Crippen LogP contribution in [0.25, 0.3) is 22.6 Å². The summed E-state index contributed by atoms with van der Waals surface area (Å²) in [5.41, 5.74) is 3.54. The standard InChI is InChI=1S/C28H31ClN6O4/c1-4-19(36)13-31-23(37)15-38-20-5-6-21(22(29)12-20)25-34-24-26(32-16-33-27(24)39-28(3)8-9-28)35(25)14-18-11-17(2)7-10-30-18/h5-7,10-12,16,19,36H,4,8-9,13-15H2,1-3H3,(H,31,37)/t19-/m1/s1. The molecule has 5 rings (SSSR count). The summed E-state index contributed by atoms with van der Waals surface area (Å²) in [7, 11) is 0. The smallest absolute Gasteiger partial charge is 0.258 e. The molecule has 4 aromatic rings. The van der Waals surface area contributed by atoms with Crippen LogP contribution in [0.3, 0.4) is 0 Å². The van der Waals surface area contributed by atoms with Gasteiger partial charge < -0.3 is 24.5 Å². The molecule has 0 unspecified atom stereocenters. The van der Waals surface area contributed by atoms with E-state index in [-0.39, 0.29) is 24.7 Å². The van der Waals surface area contributed by atoms with Crippen LogP contribution in [0.1, 0.15) is 44.4 Å². The van der Waals surface area contributed by atoms with Gasteiger partial charge in [-0.3, -0.25) is 9.78 Å². The number of carbonyl (C=O) groups is 1. The predicted molar refractivity (Wildman–Crippen MR) is 147 cm³/mol. The van der Waals surface area contributed by atoms with Crippen LogP contribution >= 0.6 is 11.6 Å². The quantitative estimate of drug-likeness (QED) is 0.286. The topological polar surface area (TPSA) is 124 Å². The molecule has 0 radical (unpaired) electrons. The van der Waals surface area contributed by atoms with E-state index in [1.807, 2.05) is 30.5 Å². The molecule has 204 valence electrons.